The number of phenolic OH excluding ortho intramolecular Hbond substituents is 1. The summed E-state index contributed by atoms with van der Waals surface area (Å²) in [5.41, 5.74) is 3.08. The largest absolute Gasteiger partial charge is 0.506 e. The number of carbonyl (C=O) groups excluding carboxylic acids is 1. The first kappa shape index (κ1) is 16.9. The molecule has 3 rings (SSSR count). The van der Waals surface area contributed by atoms with E-state index in [9.17, 15) is 14.7 Å². The number of rotatable bonds is 6. The molecule has 0 saturated carbocycles. The van der Waals surface area contributed by atoms with Gasteiger partial charge in [-0.3, -0.25) is 9.59 Å². The minimum atomic E-state index is -0.232. The van der Waals surface area contributed by atoms with Crippen LogP contribution >= 0.6 is 0 Å². The van der Waals surface area contributed by atoms with Crippen LogP contribution in [-0.4, -0.2) is 22.9 Å². The molecule has 0 aliphatic carbocycles. The molecule has 1 aromatic heterocycles. The first-order chi connectivity index (χ1) is 12.1. The lowest BCUT2D eigenvalue weighted by atomic mass is 9.96. The Morgan fingerprint density at radius 3 is 2.60 bits per heavy atom. The summed E-state index contributed by atoms with van der Waals surface area (Å²) < 4.78 is 0. The number of fused-ring (bicyclic) bond motifs is 1. The van der Waals surface area contributed by atoms with Crippen molar-refractivity contribution in [3.63, 3.8) is 0 Å². The van der Waals surface area contributed by atoms with Crippen LogP contribution in [0.25, 0.3) is 10.9 Å². The minimum Gasteiger partial charge on any atom is -0.506 e. The average Bonchev–Trinajstić information content (AvgIpc) is 2.63. The van der Waals surface area contributed by atoms with Gasteiger partial charge in [0.25, 0.3) is 0 Å². The van der Waals surface area contributed by atoms with Crippen molar-refractivity contribution >= 4 is 17.2 Å². The van der Waals surface area contributed by atoms with Gasteiger partial charge in [0.15, 0.2) is 0 Å². The van der Waals surface area contributed by atoms with E-state index < -0.39 is 0 Å². The number of benzene rings is 2. The van der Waals surface area contributed by atoms with Crippen LogP contribution in [0.4, 0.5) is 0 Å². The molecule has 0 saturated heterocycles. The zero-order valence-electron chi connectivity index (χ0n) is 14.0. The van der Waals surface area contributed by atoms with Crippen LogP contribution in [-0.2, 0) is 6.54 Å². The maximum Gasteiger partial charge on any atom is 0.248 e. The molecule has 3 aromatic rings. The normalized spacial score (nSPS) is 12.2. The van der Waals surface area contributed by atoms with E-state index >= 15 is 0 Å². The number of aromatic nitrogens is 1. The number of phenols is 1. The topological polar surface area (TPSA) is 82.2 Å². The summed E-state index contributed by atoms with van der Waals surface area (Å²) in [6.45, 7) is 3.55. The third-order valence-corrected chi connectivity index (χ3v) is 4.33. The monoisotopic (exact) mass is 336 g/mol. The fourth-order valence-electron chi connectivity index (χ4n) is 2.95. The standard InChI is InChI=1S/C20H20N2O3/c1-13(10-21-11-14-2-4-15(12-23)5-3-14)16-6-8-18(24)20-17(16)7-9-19(25)22-20/h2-9,12-13,21,24H,10-11H2,1H3,(H,22,25). The maximum atomic E-state index is 11.5. The second-order valence-corrected chi connectivity index (χ2v) is 6.18. The molecule has 5 nitrogen and oxygen atoms in total. The summed E-state index contributed by atoms with van der Waals surface area (Å²) in [6.07, 6.45) is 0.833. The Morgan fingerprint density at radius 1 is 1.12 bits per heavy atom. The van der Waals surface area contributed by atoms with E-state index in [1.165, 1.54) is 6.07 Å². The highest BCUT2D eigenvalue weighted by molar-refractivity contribution is 5.87. The maximum absolute atomic E-state index is 11.5. The lowest BCUT2D eigenvalue weighted by Gasteiger charge is -2.16. The fourth-order valence-corrected chi connectivity index (χ4v) is 2.95. The van der Waals surface area contributed by atoms with Crippen molar-refractivity contribution in [2.45, 2.75) is 19.4 Å². The Bertz CT molecular complexity index is 945. The molecule has 0 aliphatic rings. The number of H-pyrrole nitrogens is 1. The lowest BCUT2D eigenvalue weighted by Crippen LogP contribution is -2.20. The second kappa shape index (κ2) is 7.32. The molecule has 1 atom stereocenters. The van der Waals surface area contributed by atoms with Gasteiger partial charge in [0.05, 0.1) is 5.52 Å². The fraction of sp³-hybridized carbons (Fsp3) is 0.200. The number of hydrogen-bond donors (Lipinski definition) is 3. The van der Waals surface area contributed by atoms with Gasteiger partial charge in [-0.05, 0) is 29.2 Å². The zero-order chi connectivity index (χ0) is 17.8. The Morgan fingerprint density at radius 2 is 1.88 bits per heavy atom. The molecule has 1 unspecified atom stereocenters. The number of pyridine rings is 1. The van der Waals surface area contributed by atoms with Crippen molar-refractivity contribution in [1.29, 1.82) is 0 Å². The molecule has 0 fully saturated rings. The number of aromatic hydroxyl groups is 1. The summed E-state index contributed by atoms with van der Waals surface area (Å²) in [5.74, 6) is 0.273. The van der Waals surface area contributed by atoms with E-state index in [0.29, 0.717) is 17.6 Å². The van der Waals surface area contributed by atoms with Crippen molar-refractivity contribution in [3.8, 4) is 5.75 Å². The first-order valence-electron chi connectivity index (χ1n) is 8.18. The number of hydrogen-bond acceptors (Lipinski definition) is 4. The van der Waals surface area contributed by atoms with Crippen LogP contribution in [0, 0.1) is 0 Å². The van der Waals surface area contributed by atoms with Crippen LogP contribution < -0.4 is 10.9 Å². The Balaban J connectivity index is 1.71. The molecule has 0 spiro atoms. The number of nitrogens with one attached hydrogen (secondary N) is 2. The van der Waals surface area contributed by atoms with E-state index in [4.69, 9.17) is 0 Å². The van der Waals surface area contributed by atoms with Gasteiger partial charge in [-0.1, -0.05) is 37.3 Å². The molecule has 1 heterocycles. The van der Waals surface area contributed by atoms with Crippen molar-refractivity contribution in [2.24, 2.45) is 0 Å². The van der Waals surface area contributed by atoms with E-state index in [1.54, 1.807) is 24.3 Å². The smallest absolute Gasteiger partial charge is 0.248 e. The molecule has 0 amide bonds. The summed E-state index contributed by atoms with van der Waals surface area (Å²) in [6, 6.07) is 14.2. The predicted molar refractivity (Wildman–Crippen MR) is 98.2 cm³/mol. The Hall–Kier alpha value is -2.92. The highest BCUT2D eigenvalue weighted by atomic mass is 16.3. The summed E-state index contributed by atoms with van der Waals surface area (Å²) >= 11 is 0. The molecule has 2 aromatic carbocycles. The second-order valence-electron chi connectivity index (χ2n) is 6.18. The van der Waals surface area contributed by atoms with E-state index in [-0.39, 0.29) is 17.2 Å². The van der Waals surface area contributed by atoms with Crippen LogP contribution in [0.3, 0.4) is 0 Å². The Kier molecular flexibility index (Phi) is 4.95. The molecular weight excluding hydrogens is 316 g/mol. The van der Waals surface area contributed by atoms with Gasteiger partial charge < -0.3 is 15.4 Å². The third-order valence-electron chi connectivity index (χ3n) is 4.33. The molecule has 0 bridgehead atoms. The molecular formula is C20H20N2O3. The molecule has 5 heteroatoms. The van der Waals surface area contributed by atoms with Gasteiger partial charge in [-0.25, -0.2) is 0 Å². The van der Waals surface area contributed by atoms with Crippen LogP contribution in [0.2, 0.25) is 0 Å². The summed E-state index contributed by atoms with van der Waals surface area (Å²) in [5, 5.41) is 14.2. The van der Waals surface area contributed by atoms with Crippen molar-refractivity contribution in [2.75, 3.05) is 6.54 Å². The lowest BCUT2D eigenvalue weighted by molar-refractivity contribution is 0.112. The van der Waals surface area contributed by atoms with Crippen LogP contribution in [0.5, 0.6) is 5.75 Å². The number of carbonyl (C=O) groups is 1. The molecule has 0 aliphatic heterocycles. The van der Waals surface area contributed by atoms with Gasteiger partial charge >= 0.3 is 0 Å². The quantitative estimate of drug-likeness (QED) is 0.605. The SMILES string of the molecule is CC(CNCc1ccc(C=O)cc1)c1ccc(O)c2[nH]c(=O)ccc12. The van der Waals surface area contributed by atoms with E-state index in [0.717, 1.165) is 29.3 Å². The molecule has 3 N–H and O–H groups in total. The highest BCUT2D eigenvalue weighted by Crippen LogP contribution is 2.29. The number of aromatic amines is 1. The van der Waals surface area contributed by atoms with E-state index in [2.05, 4.69) is 17.2 Å². The average molecular weight is 336 g/mol. The molecule has 25 heavy (non-hydrogen) atoms. The summed E-state index contributed by atoms with van der Waals surface area (Å²) in [4.78, 5) is 24.9. The molecule has 0 radical (unpaired) electrons. The molecule has 128 valence electrons. The zero-order valence-corrected chi connectivity index (χ0v) is 14.0. The number of aldehydes is 1. The highest BCUT2D eigenvalue weighted by Gasteiger charge is 2.12. The van der Waals surface area contributed by atoms with Crippen molar-refractivity contribution < 1.29 is 9.90 Å². The third kappa shape index (κ3) is 3.78. The summed E-state index contributed by atoms with van der Waals surface area (Å²) in [7, 11) is 0. The van der Waals surface area contributed by atoms with E-state index in [1.807, 2.05) is 18.2 Å². The van der Waals surface area contributed by atoms with Gasteiger partial charge in [0.2, 0.25) is 5.56 Å². The van der Waals surface area contributed by atoms with Gasteiger partial charge in [0, 0.05) is 30.1 Å². The van der Waals surface area contributed by atoms with Crippen LogP contribution in [0.15, 0.2) is 53.3 Å². The predicted octanol–water partition coefficient (Wildman–Crippen LogP) is 2.94. The van der Waals surface area contributed by atoms with Gasteiger partial charge in [0.1, 0.15) is 12.0 Å². The Labute approximate surface area is 145 Å². The minimum absolute atomic E-state index is 0.0758. The van der Waals surface area contributed by atoms with Gasteiger partial charge in [-0.2, -0.15) is 0 Å². The first-order valence-corrected chi connectivity index (χ1v) is 8.18. The van der Waals surface area contributed by atoms with Crippen molar-refractivity contribution in [3.05, 3.63) is 75.6 Å². The van der Waals surface area contributed by atoms with Crippen LogP contribution in [0.1, 0.15) is 34.3 Å². The van der Waals surface area contributed by atoms with Gasteiger partial charge in [-0.15, -0.1) is 0 Å². The van der Waals surface area contributed by atoms with Crippen molar-refractivity contribution in [1.82, 2.24) is 10.3 Å².